The Labute approximate surface area is 137 Å². The number of ether oxygens (including phenoxy) is 1. The van der Waals surface area contributed by atoms with Gasteiger partial charge in [0, 0.05) is 4.91 Å². The van der Waals surface area contributed by atoms with Crippen molar-refractivity contribution in [2.24, 2.45) is 5.11 Å². The van der Waals surface area contributed by atoms with Gasteiger partial charge in [0.2, 0.25) is 0 Å². The summed E-state index contributed by atoms with van der Waals surface area (Å²) < 4.78 is 44.2. The van der Waals surface area contributed by atoms with Crippen LogP contribution in [0.1, 0.15) is 36.5 Å². The Morgan fingerprint density at radius 2 is 1.79 bits per heavy atom. The topological polar surface area (TPSA) is 58.0 Å². The molecule has 0 bridgehead atoms. The lowest BCUT2D eigenvalue weighted by Crippen LogP contribution is -2.04. The molecule has 126 valence electrons. The maximum absolute atomic E-state index is 12.8. The summed E-state index contributed by atoms with van der Waals surface area (Å²) in [4.78, 5) is 2.58. The Morgan fingerprint density at radius 3 is 2.38 bits per heavy atom. The lowest BCUT2D eigenvalue weighted by molar-refractivity contribution is -0.137. The number of rotatable bonds is 4. The predicted octanol–water partition coefficient (Wildman–Crippen LogP) is 6.87. The van der Waals surface area contributed by atoms with Crippen LogP contribution in [0.3, 0.4) is 0 Å². The van der Waals surface area contributed by atoms with Gasteiger partial charge in [0.15, 0.2) is 0 Å². The SMILES string of the molecule is Cc1ccc(C(C)C)c(Oc2ccc(C(F)(F)F)cc2N=[N+]=[N-])c1. The average molecular weight is 335 g/mol. The normalized spacial score (nSPS) is 11.3. The van der Waals surface area contributed by atoms with Gasteiger partial charge in [0.25, 0.3) is 0 Å². The fourth-order valence-corrected chi connectivity index (χ4v) is 2.23. The van der Waals surface area contributed by atoms with Gasteiger partial charge >= 0.3 is 6.18 Å². The molecule has 0 amide bonds. The Balaban J connectivity index is 2.50. The molecule has 0 heterocycles. The van der Waals surface area contributed by atoms with Crippen molar-refractivity contribution in [3.8, 4) is 11.5 Å². The van der Waals surface area contributed by atoms with Crippen molar-refractivity contribution >= 4 is 5.69 Å². The van der Waals surface area contributed by atoms with E-state index in [1.54, 1.807) is 6.07 Å². The van der Waals surface area contributed by atoms with Gasteiger partial charge in [0.1, 0.15) is 11.5 Å². The number of alkyl halides is 3. The van der Waals surface area contributed by atoms with Crippen LogP contribution in [0.15, 0.2) is 41.5 Å². The van der Waals surface area contributed by atoms with E-state index in [9.17, 15) is 13.2 Å². The maximum atomic E-state index is 12.8. The van der Waals surface area contributed by atoms with Crippen LogP contribution < -0.4 is 4.74 Å². The molecule has 0 aliphatic carbocycles. The van der Waals surface area contributed by atoms with E-state index < -0.39 is 11.7 Å². The summed E-state index contributed by atoms with van der Waals surface area (Å²) in [6.45, 7) is 5.86. The number of benzene rings is 2. The predicted molar refractivity (Wildman–Crippen MR) is 85.6 cm³/mol. The first kappa shape index (κ1) is 17.7. The standard InChI is InChI=1S/C17H16F3N3O/c1-10(2)13-6-4-11(3)8-16(13)24-15-7-5-12(17(18,19)20)9-14(15)22-23-21/h4-10H,1-3H3. The van der Waals surface area contributed by atoms with Crippen LogP contribution in [0.2, 0.25) is 0 Å². The summed E-state index contributed by atoms with van der Waals surface area (Å²) in [5.41, 5.74) is 9.37. The molecule has 0 unspecified atom stereocenters. The first-order chi connectivity index (χ1) is 11.2. The van der Waals surface area contributed by atoms with Crippen LogP contribution in [0.4, 0.5) is 18.9 Å². The third kappa shape index (κ3) is 4.00. The summed E-state index contributed by atoms with van der Waals surface area (Å²) in [6.07, 6.45) is -4.52. The van der Waals surface area contributed by atoms with Crippen LogP contribution in [-0.2, 0) is 6.18 Å². The largest absolute Gasteiger partial charge is 0.457 e. The average Bonchev–Trinajstić information content (AvgIpc) is 2.48. The fraction of sp³-hybridized carbons (Fsp3) is 0.294. The molecule has 0 aliphatic heterocycles. The minimum Gasteiger partial charge on any atom is -0.457 e. The van der Waals surface area contributed by atoms with Gasteiger partial charge in [-0.2, -0.15) is 13.2 Å². The zero-order valence-electron chi connectivity index (χ0n) is 13.4. The van der Waals surface area contributed by atoms with E-state index in [0.717, 1.165) is 23.3 Å². The van der Waals surface area contributed by atoms with E-state index in [1.165, 1.54) is 6.07 Å². The monoisotopic (exact) mass is 335 g/mol. The minimum absolute atomic E-state index is 0.0771. The molecule has 0 atom stereocenters. The number of halogens is 3. The number of hydrogen-bond acceptors (Lipinski definition) is 2. The van der Waals surface area contributed by atoms with Crippen LogP contribution in [0, 0.1) is 6.92 Å². The summed E-state index contributed by atoms with van der Waals surface area (Å²) in [6, 6.07) is 8.48. The highest BCUT2D eigenvalue weighted by Crippen LogP contribution is 2.40. The van der Waals surface area contributed by atoms with Gasteiger partial charge in [-0.05, 0) is 53.8 Å². The van der Waals surface area contributed by atoms with E-state index in [2.05, 4.69) is 10.0 Å². The molecule has 0 spiro atoms. The Kier molecular flexibility index (Phi) is 5.04. The molecule has 0 N–H and O–H groups in total. The van der Waals surface area contributed by atoms with Gasteiger partial charge in [-0.3, -0.25) is 0 Å². The minimum atomic E-state index is -4.52. The molecular formula is C17H16F3N3O. The summed E-state index contributed by atoms with van der Waals surface area (Å²) in [5, 5.41) is 3.33. The molecule has 4 nitrogen and oxygen atoms in total. The van der Waals surface area contributed by atoms with E-state index in [-0.39, 0.29) is 17.4 Å². The van der Waals surface area contributed by atoms with Crippen molar-refractivity contribution in [1.29, 1.82) is 0 Å². The van der Waals surface area contributed by atoms with E-state index in [1.807, 2.05) is 32.9 Å². The Morgan fingerprint density at radius 1 is 1.08 bits per heavy atom. The molecule has 0 saturated heterocycles. The number of aryl methyl sites for hydroxylation is 1. The first-order valence-electron chi connectivity index (χ1n) is 7.27. The summed E-state index contributed by atoms with van der Waals surface area (Å²) in [7, 11) is 0. The Hall–Kier alpha value is -2.66. The van der Waals surface area contributed by atoms with Gasteiger partial charge in [-0.1, -0.05) is 31.1 Å². The molecule has 0 fully saturated rings. The molecule has 2 aromatic rings. The van der Waals surface area contributed by atoms with Crippen molar-refractivity contribution in [2.45, 2.75) is 32.9 Å². The van der Waals surface area contributed by atoms with Gasteiger partial charge < -0.3 is 4.74 Å². The smallest absolute Gasteiger partial charge is 0.416 e. The highest BCUT2D eigenvalue weighted by molar-refractivity contribution is 5.56. The zero-order chi connectivity index (χ0) is 17.9. The number of nitrogens with zero attached hydrogens (tertiary/aromatic N) is 3. The summed E-state index contributed by atoms with van der Waals surface area (Å²) >= 11 is 0. The third-order valence-electron chi connectivity index (χ3n) is 3.45. The fourth-order valence-electron chi connectivity index (χ4n) is 2.23. The molecule has 0 radical (unpaired) electrons. The van der Waals surface area contributed by atoms with Crippen molar-refractivity contribution in [2.75, 3.05) is 0 Å². The van der Waals surface area contributed by atoms with E-state index >= 15 is 0 Å². The maximum Gasteiger partial charge on any atom is 0.416 e. The van der Waals surface area contributed by atoms with Crippen molar-refractivity contribution in [3.63, 3.8) is 0 Å². The quantitative estimate of drug-likeness (QED) is 0.341. The highest BCUT2D eigenvalue weighted by Gasteiger charge is 2.31. The summed E-state index contributed by atoms with van der Waals surface area (Å²) in [5.74, 6) is 0.769. The molecule has 0 saturated carbocycles. The van der Waals surface area contributed by atoms with E-state index in [4.69, 9.17) is 10.3 Å². The zero-order valence-corrected chi connectivity index (χ0v) is 13.4. The second-order valence-electron chi connectivity index (χ2n) is 5.67. The van der Waals surface area contributed by atoms with Gasteiger partial charge in [-0.15, -0.1) is 0 Å². The first-order valence-corrected chi connectivity index (χ1v) is 7.27. The second kappa shape index (κ2) is 6.84. The lowest BCUT2D eigenvalue weighted by Gasteiger charge is -2.16. The highest BCUT2D eigenvalue weighted by atomic mass is 19.4. The number of azide groups is 1. The van der Waals surface area contributed by atoms with Crippen LogP contribution in [0.5, 0.6) is 11.5 Å². The van der Waals surface area contributed by atoms with Crippen molar-refractivity contribution < 1.29 is 17.9 Å². The van der Waals surface area contributed by atoms with Gasteiger partial charge in [0.05, 0.1) is 11.3 Å². The van der Waals surface area contributed by atoms with E-state index in [0.29, 0.717) is 5.75 Å². The third-order valence-corrected chi connectivity index (χ3v) is 3.45. The molecule has 0 aliphatic rings. The van der Waals surface area contributed by atoms with Crippen molar-refractivity contribution in [3.05, 3.63) is 63.5 Å². The van der Waals surface area contributed by atoms with Crippen molar-refractivity contribution in [1.82, 2.24) is 0 Å². The second-order valence-corrected chi connectivity index (χ2v) is 5.67. The molecule has 2 rings (SSSR count). The molecule has 0 aromatic heterocycles. The molecule has 24 heavy (non-hydrogen) atoms. The van der Waals surface area contributed by atoms with Crippen LogP contribution in [-0.4, -0.2) is 0 Å². The lowest BCUT2D eigenvalue weighted by atomic mass is 10.0. The molecule has 2 aromatic carbocycles. The number of hydrogen-bond donors (Lipinski definition) is 0. The molecular weight excluding hydrogens is 319 g/mol. The molecule has 7 heteroatoms. The van der Waals surface area contributed by atoms with Gasteiger partial charge in [-0.25, -0.2) is 0 Å². The van der Waals surface area contributed by atoms with Crippen LogP contribution in [0.25, 0.3) is 10.4 Å². The van der Waals surface area contributed by atoms with Crippen LogP contribution >= 0.6 is 0 Å². The Bertz CT molecular complexity index is 794.